The average Bonchev–Trinajstić information content (AvgIpc) is 2.83. The molecule has 0 aliphatic carbocycles. The maximum absolute atomic E-state index is 14.7. The number of nitrogens with zero attached hydrogens (tertiary/aromatic N) is 3. The summed E-state index contributed by atoms with van der Waals surface area (Å²) in [5.41, 5.74) is -2.42. The van der Waals surface area contributed by atoms with Gasteiger partial charge in [0, 0.05) is 36.9 Å². The van der Waals surface area contributed by atoms with Gasteiger partial charge in [-0.1, -0.05) is 29.8 Å². The van der Waals surface area contributed by atoms with Crippen molar-refractivity contribution in [1.82, 2.24) is 14.9 Å². The van der Waals surface area contributed by atoms with Gasteiger partial charge >= 0.3 is 6.18 Å². The van der Waals surface area contributed by atoms with Gasteiger partial charge in [0.15, 0.2) is 11.7 Å². The number of halogens is 6. The standard InChI is InChI=1S/C25H18ClF5N4O2/c1-34(2)20-10-8-15-21(36)16(12-35(23(15)32-20)19-9-7-13(27)11-18(19)28)24(37)33-22(25(29,30)31)14-5-3-4-6-17(14)26/h3-12,22H,1-2H3,(H,33,37). The van der Waals surface area contributed by atoms with Crippen LogP contribution in [0.1, 0.15) is 22.0 Å². The van der Waals surface area contributed by atoms with E-state index in [0.29, 0.717) is 11.9 Å². The zero-order chi connectivity index (χ0) is 27.1. The van der Waals surface area contributed by atoms with Gasteiger partial charge in [-0.3, -0.25) is 14.2 Å². The molecule has 0 fully saturated rings. The number of hydrogen-bond acceptors (Lipinski definition) is 4. The van der Waals surface area contributed by atoms with E-state index in [2.05, 4.69) is 4.98 Å². The predicted molar refractivity (Wildman–Crippen MR) is 129 cm³/mol. The molecule has 0 bridgehead atoms. The Morgan fingerprint density at radius 2 is 1.78 bits per heavy atom. The lowest BCUT2D eigenvalue weighted by Gasteiger charge is -2.23. The first-order chi connectivity index (χ1) is 17.4. The molecule has 37 heavy (non-hydrogen) atoms. The van der Waals surface area contributed by atoms with Crippen molar-refractivity contribution in [3.63, 3.8) is 0 Å². The number of pyridine rings is 2. The Labute approximate surface area is 211 Å². The Kier molecular flexibility index (Phi) is 6.92. The van der Waals surface area contributed by atoms with Gasteiger partial charge in [-0.2, -0.15) is 13.2 Å². The van der Waals surface area contributed by atoms with Gasteiger partial charge in [-0.05, 0) is 30.3 Å². The van der Waals surface area contributed by atoms with Gasteiger partial charge in [0.05, 0.1) is 11.1 Å². The second kappa shape index (κ2) is 9.81. The number of alkyl halides is 3. The summed E-state index contributed by atoms with van der Waals surface area (Å²) in [5.74, 6) is -2.92. The van der Waals surface area contributed by atoms with Crippen molar-refractivity contribution in [3.05, 3.63) is 98.8 Å². The van der Waals surface area contributed by atoms with Gasteiger partial charge in [0.25, 0.3) is 5.91 Å². The summed E-state index contributed by atoms with van der Waals surface area (Å²) >= 11 is 5.94. The van der Waals surface area contributed by atoms with Crippen LogP contribution in [0.4, 0.5) is 27.8 Å². The van der Waals surface area contributed by atoms with Crippen LogP contribution in [0, 0.1) is 11.6 Å². The Morgan fingerprint density at radius 1 is 1.08 bits per heavy atom. The number of amides is 1. The first-order valence-corrected chi connectivity index (χ1v) is 11.1. The third-order valence-corrected chi connectivity index (χ3v) is 5.87. The first kappa shape index (κ1) is 26.1. The first-order valence-electron chi connectivity index (χ1n) is 10.7. The number of benzene rings is 2. The van der Waals surface area contributed by atoms with Crippen molar-refractivity contribution >= 4 is 34.4 Å². The van der Waals surface area contributed by atoms with Gasteiger partial charge in [-0.25, -0.2) is 13.8 Å². The lowest BCUT2D eigenvalue weighted by molar-refractivity contribution is -0.155. The highest BCUT2D eigenvalue weighted by atomic mass is 35.5. The van der Waals surface area contributed by atoms with Crippen molar-refractivity contribution < 1.29 is 26.7 Å². The summed E-state index contributed by atoms with van der Waals surface area (Å²) in [7, 11) is 3.34. The van der Waals surface area contributed by atoms with Crippen molar-refractivity contribution in [3.8, 4) is 5.69 Å². The number of rotatable bonds is 5. The highest BCUT2D eigenvalue weighted by molar-refractivity contribution is 6.31. The molecule has 6 nitrogen and oxygen atoms in total. The third-order valence-electron chi connectivity index (χ3n) is 5.53. The Bertz CT molecular complexity index is 1570. The molecule has 2 aromatic carbocycles. The molecule has 0 aliphatic heterocycles. The van der Waals surface area contributed by atoms with E-state index in [-0.39, 0.29) is 21.7 Å². The van der Waals surface area contributed by atoms with Crippen LogP contribution in [-0.2, 0) is 0 Å². The van der Waals surface area contributed by atoms with Crippen LogP contribution < -0.4 is 15.6 Å². The number of hydrogen-bond donors (Lipinski definition) is 1. The summed E-state index contributed by atoms with van der Waals surface area (Å²) in [6.07, 6.45) is -4.08. The van der Waals surface area contributed by atoms with Gasteiger partial charge in [0.2, 0.25) is 5.43 Å². The molecule has 1 N–H and O–H groups in total. The number of aromatic nitrogens is 2. The summed E-state index contributed by atoms with van der Waals surface area (Å²) in [4.78, 5) is 32.3. The molecule has 0 saturated carbocycles. The molecule has 192 valence electrons. The third kappa shape index (κ3) is 5.12. The zero-order valence-electron chi connectivity index (χ0n) is 19.3. The molecule has 4 aromatic rings. The van der Waals surface area contributed by atoms with E-state index in [4.69, 9.17) is 11.6 Å². The van der Waals surface area contributed by atoms with Crippen LogP contribution in [0.3, 0.4) is 0 Å². The molecular weight excluding hydrogens is 519 g/mol. The van der Waals surface area contributed by atoms with Crippen molar-refractivity contribution in [1.29, 1.82) is 0 Å². The van der Waals surface area contributed by atoms with Crippen molar-refractivity contribution in [2.45, 2.75) is 12.2 Å². The fourth-order valence-corrected chi connectivity index (χ4v) is 3.96. The van der Waals surface area contributed by atoms with Gasteiger partial charge in [0.1, 0.15) is 23.0 Å². The normalized spacial score (nSPS) is 12.4. The number of fused-ring (bicyclic) bond motifs is 1. The molecule has 0 aliphatic rings. The van der Waals surface area contributed by atoms with E-state index in [9.17, 15) is 31.5 Å². The summed E-state index contributed by atoms with van der Waals surface area (Å²) < 4.78 is 71.1. The second-order valence-electron chi connectivity index (χ2n) is 8.24. The topological polar surface area (TPSA) is 67.2 Å². The highest BCUT2D eigenvalue weighted by Crippen LogP contribution is 2.36. The molecule has 1 atom stereocenters. The summed E-state index contributed by atoms with van der Waals surface area (Å²) in [6, 6.07) is 7.92. The van der Waals surface area contributed by atoms with E-state index in [1.807, 2.05) is 5.32 Å². The average molecular weight is 537 g/mol. The summed E-state index contributed by atoms with van der Waals surface area (Å²) in [5, 5.41) is 1.42. The molecule has 0 saturated heterocycles. The van der Waals surface area contributed by atoms with E-state index >= 15 is 0 Å². The second-order valence-corrected chi connectivity index (χ2v) is 8.65. The minimum atomic E-state index is -4.96. The zero-order valence-corrected chi connectivity index (χ0v) is 20.0. The lowest BCUT2D eigenvalue weighted by atomic mass is 10.1. The maximum atomic E-state index is 14.7. The molecule has 0 radical (unpaired) electrons. The monoisotopic (exact) mass is 536 g/mol. The fraction of sp³-hybridized carbons (Fsp3) is 0.160. The largest absolute Gasteiger partial charge is 0.412 e. The number of nitrogens with one attached hydrogen (secondary N) is 1. The SMILES string of the molecule is CN(C)c1ccc2c(=O)c(C(=O)NC(c3ccccc3Cl)C(F)(F)F)cn(-c3ccc(F)cc3F)c2n1. The number of carbonyl (C=O) groups is 1. The van der Waals surface area contributed by atoms with E-state index in [0.717, 1.165) is 29.0 Å². The van der Waals surface area contributed by atoms with E-state index < -0.39 is 46.3 Å². The maximum Gasteiger partial charge on any atom is 0.412 e. The smallest absolute Gasteiger partial charge is 0.363 e. The molecule has 4 rings (SSSR count). The van der Waals surface area contributed by atoms with Crippen molar-refractivity contribution in [2.24, 2.45) is 0 Å². The van der Waals surface area contributed by atoms with Crippen LogP contribution >= 0.6 is 11.6 Å². The molecule has 1 amide bonds. The van der Waals surface area contributed by atoms with Crippen LogP contribution in [-0.4, -0.2) is 35.7 Å². The number of carbonyl (C=O) groups excluding carboxylic acids is 1. The van der Waals surface area contributed by atoms with E-state index in [1.54, 1.807) is 19.0 Å². The molecule has 0 spiro atoms. The predicted octanol–water partition coefficient (Wildman–Crippen LogP) is 5.42. The Balaban J connectivity index is 1.92. The van der Waals surface area contributed by atoms with Crippen LogP contribution in [0.25, 0.3) is 16.7 Å². The fourth-order valence-electron chi connectivity index (χ4n) is 3.72. The van der Waals surface area contributed by atoms with Gasteiger partial charge < -0.3 is 10.2 Å². The number of anilines is 1. The molecular formula is C25H18ClF5N4O2. The minimum absolute atomic E-state index is 0.0864. The van der Waals surface area contributed by atoms with Crippen LogP contribution in [0.15, 0.2) is 65.6 Å². The van der Waals surface area contributed by atoms with Crippen LogP contribution in [0.5, 0.6) is 0 Å². The van der Waals surface area contributed by atoms with Crippen LogP contribution in [0.2, 0.25) is 5.02 Å². The highest BCUT2D eigenvalue weighted by Gasteiger charge is 2.43. The Morgan fingerprint density at radius 3 is 2.41 bits per heavy atom. The Hall–Kier alpha value is -3.99. The minimum Gasteiger partial charge on any atom is -0.363 e. The summed E-state index contributed by atoms with van der Waals surface area (Å²) in [6.45, 7) is 0. The quantitative estimate of drug-likeness (QED) is 0.346. The van der Waals surface area contributed by atoms with E-state index in [1.165, 1.54) is 30.3 Å². The molecule has 2 heterocycles. The molecule has 12 heteroatoms. The van der Waals surface area contributed by atoms with Gasteiger partial charge in [-0.15, -0.1) is 0 Å². The molecule has 2 aromatic heterocycles. The lowest BCUT2D eigenvalue weighted by Crippen LogP contribution is -2.40. The van der Waals surface area contributed by atoms with Crippen molar-refractivity contribution in [2.75, 3.05) is 19.0 Å². The molecule has 1 unspecified atom stereocenters.